The maximum absolute atomic E-state index is 13.9. The molecular formula is C27H34N4O8. The molecule has 4 atom stereocenters. The average molecular weight is 543 g/mol. The van der Waals surface area contributed by atoms with Crippen molar-refractivity contribution in [2.24, 2.45) is 22.7 Å². The van der Waals surface area contributed by atoms with Crippen LogP contribution in [-0.4, -0.2) is 79.9 Å². The summed E-state index contributed by atoms with van der Waals surface area (Å²) in [6, 6.07) is 0.415. The number of aromatic hydroxyl groups is 1. The lowest BCUT2D eigenvalue weighted by Gasteiger charge is -2.50. The van der Waals surface area contributed by atoms with E-state index in [0.29, 0.717) is 16.8 Å². The minimum atomic E-state index is -2.71. The zero-order valence-corrected chi connectivity index (χ0v) is 22.7. The maximum Gasteiger partial charge on any atom is 0.255 e. The van der Waals surface area contributed by atoms with Crippen LogP contribution in [0.4, 0.5) is 5.69 Å². The van der Waals surface area contributed by atoms with E-state index in [1.54, 1.807) is 21.0 Å². The second kappa shape index (κ2) is 9.09. The third-order valence-corrected chi connectivity index (χ3v) is 7.60. The molecule has 0 saturated heterocycles. The van der Waals surface area contributed by atoms with Gasteiger partial charge >= 0.3 is 0 Å². The largest absolute Gasteiger partial charge is 0.510 e. The van der Waals surface area contributed by atoms with Crippen molar-refractivity contribution in [3.63, 3.8) is 0 Å². The van der Waals surface area contributed by atoms with Gasteiger partial charge in [-0.3, -0.25) is 19.3 Å². The lowest BCUT2D eigenvalue weighted by Crippen LogP contribution is -2.63. The van der Waals surface area contributed by atoms with Crippen molar-refractivity contribution >= 4 is 28.9 Å². The molecule has 0 aromatic heterocycles. The average Bonchev–Trinajstić information content (AvgIpc) is 2.81. The summed E-state index contributed by atoms with van der Waals surface area (Å²) in [6.45, 7) is 7.12. The predicted octanol–water partition coefficient (Wildman–Crippen LogP) is 1.24. The fourth-order valence-corrected chi connectivity index (χ4v) is 5.92. The molecule has 0 heterocycles. The van der Waals surface area contributed by atoms with Gasteiger partial charge < -0.3 is 36.7 Å². The Morgan fingerprint density at radius 3 is 2.36 bits per heavy atom. The summed E-state index contributed by atoms with van der Waals surface area (Å²) in [6.07, 6.45) is 0.0884. The number of nitrogens with two attached hydrogens (primary N) is 2. The number of hydrogen-bond donors (Lipinski definition) is 6. The van der Waals surface area contributed by atoms with Crippen molar-refractivity contribution in [1.82, 2.24) is 4.90 Å². The van der Waals surface area contributed by atoms with E-state index in [-0.39, 0.29) is 29.7 Å². The molecule has 0 bridgehead atoms. The molecule has 12 nitrogen and oxygen atoms in total. The summed E-state index contributed by atoms with van der Waals surface area (Å²) >= 11 is 0. The molecule has 4 rings (SSSR count). The van der Waals surface area contributed by atoms with E-state index in [1.165, 1.54) is 11.0 Å². The lowest BCUT2D eigenvalue weighted by molar-refractivity contribution is -0.148. The number of carbonyl (C=O) groups excluding carboxylic acids is 3. The number of carbonyl (C=O) groups is 3. The fraction of sp³-hybridized carbons (Fsp3) is 0.481. The smallest absolute Gasteiger partial charge is 0.255 e. The Hall–Kier alpha value is -3.90. The summed E-state index contributed by atoms with van der Waals surface area (Å²) in [5.41, 5.74) is 7.94. The Kier molecular flexibility index (Phi) is 6.56. The quantitative estimate of drug-likeness (QED) is 0.105. The van der Waals surface area contributed by atoms with Crippen LogP contribution in [-0.2, 0) is 20.8 Å². The highest BCUT2D eigenvalue weighted by molar-refractivity contribution is 6.25. The van der Waals surface area contributed by atoms with Crippen LogP contribution in [0.2, 0.25) is 0 Å². The highest BCUT2D eigenvalue weighted by Crippen LogP contribution is 2.53. The van der Waals surface area contributed by atoms with Gasteiger partial charge in [0.15, 0.2) is 11.4 Å². The third kappa shape index (κ3) is 4.14. The number of hydrogen-bond acceptors (Lipinski definition) is 11. The number of Topliss-reactive ketones (excluding diaryl/α,β-unsaturated/α-hetero) is 2. The molecule has 0 radical (unpaired) electrons. The molecule has 39 heavy (non-hydrogen) atoms. The number of primary amides is 1. The number of allylic oxidation sites excluding steroid dienone is 1. The number of likely N-dealkylation sites (N-methyl/N-ethyl adjacent to an activating group) is 1. The number of nitrogen functional groups attached to an aromatic ring is 1. The molecule has 0 saturated carbocycles. The van der Waals surface area contributed by atoms with Crippen LogP contribution in [0.1, 0.15) is 55.6 Å². The van der Waals surface area contributed by atoms with E-state index >= 15 is 0 Å². The molecule has 8 N–H and O–H groups in total. The molecule has 1 amide bonds. The Balaban J connectivity index is 1.95. The van der Waals surface area contributed by atoms with Gasteiger partial charge in [0.1, 0.15) is 28.4 Å². The standard InChI is InChI=1S/C27H34N4O8/c1-10(30-39-26(2,3)4)12-9-15(28)20(32)17-13(12)7-11-8-14-19(31(5)6)22(34)18(25(29)37)24(36)27(14,38)23(35)16(11)21(17)33/h9,11,14,19,32,34-35,38H,7-8,28H2,1-6H3,(H2,29,37)/b30-10+/t11-,14-,19-,27-/m0/s1. The van der Waals surface area contributed by atoms with Gasteiger partial charge in [0.05, 0.1) is 23.0 Å². The van der Waals surface area contributed by atoms with E-state index in [2.05, 4.69) is 5.16 Å². The molecule has 0 fully saturated rings. The van der Waals surface area contributed by atoms with Gasteiger partial charge in [0.25, 0.3) is 5.91 Å². The normalized spacial score (nSPS) is 27.4. The number of rotatable bonds is 4. The van der Waals surface area contributed by atoms with Crippen molar-refractivity contribution in [2.75, 3.05) is 19.8 Å². The highest BCUT2D eigenvalue weighted by atomic mass is 16.6. The fourth-order valence-electron chi connectivity index (χ4n) is 5.92. The van der Waals surface area contributed by atoms with E-state index in [0.717, 1.165) is 0 Å². The van der Waals surface area contributed by atoms with Crippen molar-refractivity contribution in [2.45, 2.75) is 57.8 Å². The zero-order chi connectivity index (χ0) is 29.4. The van der Waals surface area contributed by atoms with Crippen molar-refractivity contribution in [3.8, 4) is 5.75 Å². The number of aliphatic hydroxyl groups is 3. The molecule has 0 aliphatic heterocycles. The number of fused-ring (bicyclic) bond motifs is 3. The summed E-state index contributed by atoms with van der Waals surface area (Å²) in [4.78, 5) is 46.3. The van der Waals surface area contributed by atoms with Crippen LogP contribution in [0.15, 0.2) is 33.9 Å². The third-order valence-electron chi connectivity index (χ3n) is 7.60. The number of amides is 1. The van der Waals surface area contributed by atoms with Gasteiger partial charge in [-0.2, -0.15) is 0 Å². The Morgan fingerprint density at radius 2 is 1.82 bits per heavy atom. The van der Waals surface area contributed by atoms with E-state index < -0.39 is 69.4 Å². The van der Waals surface area contributed by atoms with E-state index in [9.17, 15) is 34.8 Å². The van der Waals surface area contributed by atoms with Gasteiger partial charge in [0.2, 0.25) is 5.78 Å². The van der Waals surface area contributed by atoms with Crippen molar-refractivity contribution < 1.29 is 39.6 Å². The molecule has 12 heteroatoms. The van der Waals surface area contributed by atoms with Crippen molar-refractivity contribution in [3.05, 3.63) is 45.4 Å². The number of phenols is 1. The lowest BCUT2D eigenvalue weighted by atomic mass is 9.58. The summed E-state index contributed by atoms with van der Waals surface area (Å²) in [7, 11) is 3.14. The van der Waals surface area contributed by atoms with Crippen LogP contribution < -0.4 is 11.5 Å². The highest BCUT2D eigenvalue weighted by Gasteiger charge is 2.63. The number of anilines is 1. The number of oxime groups is 1. The topological polar surface area (TPSA) is 209 Å². The molecule has 1 aromatic carbocycles. The van der Waals surface area contributed by atoms with Gasteiger partial charge in [-0.25, -0.2) is 0 Å². The first kappa shape index (κ1) is 28.1. The molecular weight excluding hydrogens is 508 g/mol. The number of nitrogens with zero attached hydrogens (tertiary/aromatic N) is 2. The van der Waals surface area contributed by atoms with E-state index in [4.69, 9.17) is 16.3 Å². The van der Waals surface area contributed by atoms with E-state index in [1.807, 2.05) is 20.8 Å². The summed E-state index contributed by atoms with van der Waals surface area (Å²) < 4.78 is 0. The Bertz CT molecular complexity index is 1400. The predicted molar refractivity (Wildman–Crippen MR) is 141 cm³/mol. The van der Waals surface area contributed by atoms with Gasteiger partial charge in [-0.05, 0) is 72.2 Å². The summed E-state index contributed by atoms with van der Waals surface area (Å²) in [5, 5.41) is 48.9. The first-order valence-corrected chi connectivity index (χ1v) is 12.5. The molecule has 3 aliphatic rings. The van der Waals surface area contributed by atoms with Crippen molar-refractivity contribution in [1.29, 1.82) is 0 Å². The first-order valence-electron chi connectivity index (χ1n) is 12.5. The minimum Gasteiger partial charge on any atom is -0.510 e. The van der Waals surface area contributed by atoms with Crippen LogP contribution in [0.25, 0.3) is 0 Å². The molecule has 3 aliphatic carbocycles. The van der Waals surface area contributed by atoms with Gasteiger partial charge in [-0.1, -0.05) is 5.16 Å². The zero-order valence-electron chi connectivity index (χ0n) is 22.7. The SMILES string of the molecule is C/C(=N\OC(C)(C)C)c1cc(N)c(O)c2c1C[C@H]1C[C@H]3[C@H](N(C)C)C(O)=C(C(N)=O)C(=O)[C@@]3(O)C(O)=C1C2=O. The van der Waals surface area contributed by atoms with Crippen LogP contribution in [0.5, 0.6) is 5.75 Å². The Morgan fingerprint density at radius 1 is 1.21 bits per heavy atom. The number of ketones is 2. The number of phenolic OH excluding ortho intramolecular Hbond substituents is 1. The molecule has 210 valence electrons. The van der Waals surface area contributed by atoms with Crippen LogP contribution >= 0.6 is 0 Å². The van der Waals surface area contributed by atoms with Gasteiger partial charge in [-0.15, -0.1) is 0 Å². The minimum absolute atomic E-state index is 0.0228. The number of aliphatic hydroxyl groups excluding tert-OH is 2. The number of benzene rings is 1. The Labute approximate surface area is 225 Å². The van der Waals surface area contributed by atoms with Crippen LogP contribution in [0.3, 0.4) is 0 Å². The monoisotopic (exact) mass is 542 g/mol. The summed E-state index contributed by atoms with van der Waals surface area (Å²) in [5.74, 6) is -7.30. The van der Waals surface area contributed by atoms with Crippen LogP contribution in [0, 0.1) is 11.8 Å². The molecule has 0 spiro atoms. The first-order chi connectivity index (χ1) is 17.9. The maximum atomic E-state index is 13.9. The molecule has 0 unspecified atom stereocenters. The van der Waals surface area contributed by atoms with Gasteiger partial charge in [0, 0.05) is 17.1 Å². The second-order valence-electron chi connectivity index (χ2n) is 11.6. The molecule has 1 aromatic rings. The second-order valence-corrected chi connectivity index (χ2v) is 11.6.